The van der Waals surface area contributed by atoms with Gasteiger partial charge in [-0.3, -0.25) is 0 Å². The highest BCUT2D eigenvalue weighted by Gasteiger charge is 2.28. The monoisotopic (exact) mass is 388 g/mol. The van der Waals surface area contributed by atoms with Crippen molar-refractivity contribution in [2.24, 2.45) is 0 Å². The zero-order chi connectivity index (χ0) is 18.4. The van der Waals surface area contributed by atoms with Gasteiger partial charge >= 0.3 is 0 Å². The van der Waals surface area contributed by atoms with Gasteiger partial charge in [0.05, 0.1) is 0 Å². The normalized spacial score (nSPS) is 12.2. The quantitative estimate of drug-likeness (QED) is 0.660. The summed E-state index contributed by atoms with van der Waals surface area (Å²) in [5, 5.41) is 1.86. The zero-order valence-corrected chi connectivity index (χ0v) is 15.9. The van der Waals surface area contributed by atoms with Crippen molar-refractivity contribution in [3.05, 3.63) is 52.2 Å². The lowest BCUT2D eigenvalue weighted by molar-refractivity contribution is 0.269. The van der Waals surface area contributed by atoms with Crippen molar-refractivity contribution in [1.29, 1.82) is 0 Å². The van der Waals surface area contributed by atoms with E-state index < -0.39 is 26.6 Å². The average Bonchev–Trinajstić information content (AvgIpc) is 3.07. The molecule has 2 rings (SSSR count). The van der Waals surface area contributed by atoms with E-state index >= 15 is 0 Å². The van der Waals surface area contributed by atoms with Crippen LogP contribution in [0.25, 0.3) is 0 Å². The predicted molar refractivity (Wildman–Crippen MR) is 96.1 cm³/mol. The van der Waals surface area contributed by atoms with Crippen molar-refractivity contribution in [1.82, 2.24) is 9.21 Å². The smallest absolute Gasteiger partial charge is 0.246 e. The molecule has 2 aromatic rings. The summed E-state index contributed by atoms with van der Waals surface area (Å²) in [6.45, 7) is 6.54. The first kappa shape index (κ1) is 20.0. The van der Waals surface area contributed by atoms with Crippen LogP contribution in [0.5, 0.6) is 0 Å². The lowest BCUT2D eigenvalue weighted by Gasteiger charge is -2.25. The van der Waals surface area contributed by atoms with Gasteiger partial charge < -0.3 is 4.90 Å². The van der Waals surface area contributed by atoms with Crippen LogP contribution in [0.1, 0.15) is 18.7 Å². The molecule has 0 aliphatic heterocycles. The largest absolute Gasteiger partial charge is 0.303 e. The predicted octanol–water partition coefficient (Wildman–Crippen LogP) is 3.56. The average molecular weight is 389 g/mol. The summed E-state index contributed by atoms with van der Waals surface area (Å²) in [4.78, 5) is 2.47. The number of hydrogen-bond acceptors (Lipinski definition) is 4. The molecule has 0 radical (unpaired) electrons. The molecule has 4 nitrogen and oxygen atoms in total. The fourth-order valence-corrected chi connectivity index (χ4v) is 4.73. The fraction of sp³-hybridized carbons (Fsp3) is 0.412. The molecule has 1 aromatic carbocycles. The maximum atomic E-state index is 14.1. The summed E-state index contributed by atoms with van der Waals surface area (Å²) in [6.07, 6.45) is 0. The van der Waals surface area contributed by atoms with Crippen LogP contribution >= 0.6 is 11.3 Å². The summed E-state index contributed by atoms with van der Waals surface area (Å²) in [6, 6.07) is 6.22. The van der Waals surface area contributed by atoms with Gasteiger partial charge in [-0.2, -0.15) is 4.31 Å². The van der Waals surface area contributed by atoms with E-state index in [1.807, 2.05) is 31.4 Å². The maximum Gasteiger partial charge on any atom is 0.246 e. The standard InChI is InChI=1S/C17H22F2N2O2S2/c1-3-20(4-2)9-10-21(13-15-6-5-11-24-15)25(22,23)17-8-7-14(18)12-16(17)19/h5-8,11-12H,3-4,9-10,13H2,1-2H3. The first-order valence-electron chi connectivity index (χ1n) is 8.08. The topological polar surface area (TPSA) is 40.6 Å². The van der Waals surface area contributed by atoms with Crippen LogP contribution in [0.2, 0.25) is 0 Å². The van der Waals surface area contributed by atoms with Gasteiger partial charge in [0.25, 0.3) is 0 Å². The summed E-state index contributed by atoms with van der Waals surface area (Å²) in [5.41, 5.74) is 0. The van der Waals surface area contributed by atoms with E-state index in [2.05, 4.69) is 4.90 Å². The third-order valence-electron chi connectivity index (χ3n) is 3.98. The summed E-state index contributed by atoms with van der Waals surface area (Å²) < 4.78 is 54.3. The summed E-state index contributed by atoms with van der Waals surface area (Å²) in [5.74, 6) is -1.87. The van der Waals surface area contributed by atoms with Gasteiger partial charge in [0, 0.05) is 30.6 Å². The molecule has 0 aliphatic carbocycles. The highest BCUT2D eigenvalue weighted by atomic mass is 32.2. The van der Waals surface area contributed by atoms with Crippen molar-refractivity contribution >= 4 is 21.4 Å². The van der Waals surface area contributed by atoms with E-state index in [4.69, 9.17) is 0 Å². The number of rotatable bonds is 9. The van der Waals surface area contributed by atoms with Crippen LogP contribution in [-0.4, -0.2) is 43.8 Å². The molecular formula is C17H22F2N2O2S2. The van der Waals surface area contributed by atoms with Crippen LogP contribution in [-0.2, 0) is 16.6 Å². The second kappa shape index (κ2) is 8.84. The molecule has 0 amide bonds. The Hall–Kier alpha value is -1.35. The van der Waals surface area contributed by atoms with Crippen LogP contribution in [0.4, 0.5) is 8.78 Å². The van der Waals surface area contributed by atoms with Gasteiger partial charge in [-0.25, -0.2) is 17.2 Å². The molecule has 8 heteroatoms. The minimum atomic E-state index is -4.07. The van der Waals surface area contributed by atoms with Crippen LogP contribution in [0.15, 0.2) is 40.6 Å². The molecule has 0 spiro atoms. The van der Waals surface area contributed by atoms with Gasteiger partial charge in [-0.15, -0.1) is 11.3 Å². The van der Waals surface area contributed by atoms with Crippen molar-refractivity contribution in [2.45, 2.75) is 25.3 Å². The number of halogens is 2. The molecule has 0 N–H and O–H groups in total. The van der Waals surface area contributed by atoms with Crippen molar-refractivity contribution in [3.8, 4) is 0 Å². The summed E-state index contributed by atoms with van der Waals surface area (Å²) >= 11 is 1.44. The van der Waals surface area contributed by atoms with Gasteiger partial charge in [0.1, 0.15) is 16.5 Å². The lowest BCUT2D eigenvalue weighted by atomic mass is 10.3. The Labute approximate surface area is 151 Å². The number of thiophene rings is 1. The van der Waals surface area contributed by atoms with Gasteiger partial charge in [-0.1, -0.05) is 19.9 Å². The SMILES string of the molecule is CCN(CC)CCN(Cc1cccs1)S(=O)(=O)c1ccc(F)cc1F. The third-order valence-corrected chi connectivity index (χ3v) is 6.72. The van der Waals surface area contributed by atoms with Crippen molar-refractivity contribution in [2.75, 3.05) is 26.2 Å². The number of hydrogen-bond donors (Lipinski definition) is 0. The summed E-state index contributed by atoms with van der Waals surface area (Å²) in [7, 11) is -4.07. The molecule has 1 aromatic heterocycles. The van der Waals surface area contributed by atoms with Crippen LogP contribution in [0, 0.1) is 11.6 Å². The Kier molecular flexibility index (Phi) is 7.06. The molecule has 0 fully saturated rings. The van der Waals surface area contributed by atoms with Crippen LogP contribution in [0.3, 0.4) is 0 Å². The molecule has 138 valence electrons. The molecule has 0 atom stereocenters. The van der Waals surface area contributed by atoms with E-state index in [1.54, 1.807) is 0 Å². The Morgan fingerprint density at radius 3 is 2.36 bits per heavy atom. The Morgan fingerprint density at radius 1 is 1.08 bits per heavy atom. The van der Waals surface area contributed by atoms with E-state index in [9.17, 15) is 17.2 Å². The maximum absolute atomic E-state index is 14.1. The Balaban J connectivity index is 2.31. The van der Waals surface area contributed by atoms with E-state index in [0.29, 0.717) is 12.6 Å². The highest BCUT2D eigenvalue weighted by Crippen LogP contribution is 2.23. The second-order valence-electron chi connectivity index (χ2n) is 5.52. The Bertz CT molecular complexity index is 776. The number of nitrogens with zero attached hydrogens (tertiary/aromatic N) is 2. The molecule has 0 aliphatic rings. The van der Waals surface area contributed by atoms with E-state index in [0.717, 1.165) is 30.1 Å². The molecule has 0 saturated heterocycles. The molecule has 0 saturated carbocycles. The molecule has 0 unspecified atom stereocenters. The lowest BCUT2D eigenvalue weighted by Crippen LogP contribution is -2.38. The van der Waals surface area contributed by atoms with Gasteiger partial charge in [0.15, 0.2) is 0 Å². The van der Waals surface area contributed by atoms with Gasteiger partial charge in [-0.05, 0) is 36.7 Å². The molecule has 1 heterocycles. The first-order valence-corrected chi connectivity index (χ1v) is 10.4. The van der Waals surface area contributed by atoms with Gasteiger partial charge in [0.2, 0.25) is 10.0 Å². The van der Waals surface area contributed by atoms with E-state index in [1.165, 1.54) is 15.6 Å². The van der Waals surface area contributed by atoms with E-state index in [-0.39, 0.29) is 13.1 Å². The van der Waals surface area contributed by atoms with Crippen LogP contribution < -0.4 is 0 Å². The first-order chi connectivity index (χ1) is 11.9. The number of benzene rings is 1. The molecule has 25 heavy (non-hydrogen) atoms. The minimum absolute atomic E-state index is 0.165. The molecular weight excluding hydrogens is 366 g/mol. The second-order valence-corrected chi connectivity index (χ2v) is 8.46. The van der Waals surface area contributed by atoms with Crippen molar-refractivity contribution in [3.63, 3.8) is 0 Å². The Morgan fingerprint density at radius 2 is 1.80 bits per heavy atom. The third kappa shape index (κ3) is 5.07. The number of likely N-dealkylation sites (N-methyl/N-ethyl adjacent to an activating group) is 1. The number of sulfonamides is 1. The molecule has 0 bridgehead atoms. The zero-order valence-electron chi connectivity index (χ0n) is 14.3. The fourth-order valence-electron chi connectivity index (χ4n) is 2.48. The highest BCUT2D eigenvalue weighted by molar-refractivity contribution is 7.89. The van der Waals surface area contributed by atoms with Crippen molar-refractivity contribution < 1.29 is 17.2 Å². The minimum Gasteiger partial charge on any atom is -0.303 e.